The maximum absolute atomic E-state index is 11.3. The van der Waals surface area contributed by atoms with Crippen molar-refractivity contribution < 1.29 is 19.4 Å². The molecule has 21 heavy (non-hydrogen) atoms. The second kappa shape index (κ2) is 6.13. The highest BCUT2D eigenvalue weighted by Crippen LogP contribution is 2.28. The zero-order valence-electron chi connectivity index (χ0n) is 11.7. The van der Waals surface area contributed by atoms with Crippen LogP contribution in [0.5, 0.6) is 11.5 Å². The first-order valence-electron chi connectivity index (χ1n) is 6.42. The highest BCUT2D eigenvalue weighted by atomic mass is 16.7. The number of para-hydroxylation sites is 2. The molecule has 0 bridgehead atoms. The molecule has 0 unspecified atom stereocenters. The van der Waals surface area contributed by atoms with Crippen LogP contribution in [0.15, 0.2) is 72.8 Å². The number of aliphatic carboxylic acids is 1. The summed E-state index contributed by atoms with van der Waals surface area (Å²) in [7, 11) is 0. The first-order chi connectivity index (χ1) is 10.0. The predicted octanol–water partition coefficient (Wildman–Crippen LogP) is 3.50. The van der Waals surface area contributed by atoms with Gasteiger partial charge in [-0.15, -0.1) is 0 Å². The van der Waals surface area contributed by atoms with Gasteiger partial charge >= 0.3 is 5.97 Å². The van der Waals surface area contributed by atoms with Crippen molar-refractivity contribution in [2.24, 2.45) is 0 Å². The fourth-order valence-corrected chi connectivity index (χ4v) is 1.77. The molecule has 1 N–H and O–H groups in total. The minimum atomic E-state index is -1.51. The van der Waals surface area contributed by atoms with Gasteiger partial charge in [0.2, 0.25) is 0 Å². The van der Waals surface area contributed by atoms with Crippen molar-refractivity contribution in [3.8, 4) is 11.5 Å². The molecule has 108 valence electrons. The third kappa shape index (κ3) is 3.63. The molecule has 0 aliphatic heterocycles. The van der Waals surface area contributed by atoms with E-state index in [9.17, 15) is 9.90 Å². The fourth-order valence-electron chi connectivity index (χ4n) is 1.77. The quantitative estimate of drug-likeness (QED) is 0.651. The van der Waals surface area contributed by atoms with Gasteiger partial charge in [-0.2, -0.15) is 0 Å². The van der Waals surface area contributed by atoms with Crippen LogP contribution in [0.25, 0.3) is 0 Å². The van der Waals surface area contributed by atoms with Crippen molar-refractivity contribution >= 4 is 5.97 Å². The normalized spacial score (nSPS) is 10.7. The zero-order valence-corrected chi connectivity index (χ0v) is 11.7. The lowest BCUT2D eigenvalue weighted by Crippen LogP contribution is -2.43. The van der Waals surface area contributed by atoms with Crippen molar-refractivity contribution in [2.45, 2.75) is 12.7 Å². The lowest BCUT2D eigenvalue weighted by molar-refractivity contribution is -0.140. The molecule has 0 heterocycles. The predicted molar refractivity (Wildman–Crippen MR) is 79.3 cm³/mol. The van der Waals surface area contributed by atoms with Crippen LogP contribution in [0.2, 0.25) is 0 Å². The number of benzene rings is 2. The third-order valence-electron chi connectivity index (χ3n) is 2.92. The zero-order chi connectivity index (χ0) is 15.3. The molecule has 0 amide bonds. The third-order valence-corrected chi connectivity index (χ3v) is 2.92. The smallest absolute Gasteiger partial charge is 0.338 e. The Labute approximate surface area is 123 Å². The van der Waals surface area contributed by atoms with E-state index in [2.05, 4.69) is 6.58 Å². The van der Waals surface area contributed by atoms with E-state index in [4.69, 9.17) is 9.47 Å². The molecule has 4 heteroatoms. The Bertz CT molecular complexity index is 578. The number of carboxylic acid groups (broad SMARTS) is 1. The molecule has 0 radical (unpaired) electrons. The lowest BCUT2D eigenvalue weighted by atomic mass is 10.1. The van der Waals surface area contributed by atoms with Crippen molar-refractivity contribution in [1.29, 1.82) is 0 Å². The van der Waals surface area contributed by atoms with E-state index >= 15 is 0 Å². The van der Waals surface area contributed by atoms with Crippen LogP contribution in [0.3, 0.4) is 0 Å². The number of ether oxygens (including phenoxy) is 2. The van der Waals surface area contributed by atoms with E-state index in [0.29, 0.717) is 11.5 Å². The van der Waals surface area contributed by atoms with Gasteiger partial charge in [0.05, 0.1) is 0 Å². The Morgan fingerprint density at radius 3 is 1.67 bits per heavy atom. The van der Waals surface area contributed by atoms with Crippen LogP contribution >= 0.6 is 0 Å². The highest BCUT2D eigenvalue weighted by molar-refractivity contribution is 5.87. The first-order valence-corrected chi connectivity index (χ1v) is 6.42. The van der Waals surface area contributed by atoms with Gasteiger partial charge in [-0.1, -0.05) is 43.0 Å². The van der Waals surface area contributed by atoms with Crippen molar-refractivity contribution in [3.05, 3.63) is 72.8 Å². The maximum atomic E-state index is 11.3. The Balaban J connectivity index is 2.30. The Morgan fingerprint density at radius 1 is 0.952 bits per heavy atom. The molecule has 2 rings (SSSR count). The second-order valence-corrected chi connectivity index (χ2v) is 4.56. The molecule has 0 fully saturated rings. The van der Waals surface area contributed by atoms with E-state index in [-0.39, 0.29) is 5.57 Å². The van der Waals surface area contributed by atoms with Crippen LogP contribution in [0, 0.1) is 0 Å². The van der Waals surface area contributed by atoms with Gasteiger partial charge in [-0.3, -0.25) is 0 Å². The molecule has 0 aromatic heterocycles. The van der Waals surface area contributed by atoms with Crippen LogP contribution in [0.4, 0.5) is 0 Å². The molecule has 2 aromatic carbocycles. The van der Waals surface area contributed by atoms with E-state index in [1.807, 2.05) is 12.1 Å². The Morgan fingerprint density at radius 2 is 1.33 bits per heavy atom. The largest absolute Gasteiger partial charge is 0.478 e. The van der Waals surface area contributed by atoms with E-state index in [1.165, 1.54) is 6.92 Å². The number of hydrogen-bond acceptors (Lipinski definition) is 3. The molecule has 2 aromatic rings. The highest BCUT2D eigenvalue weighted by Gasteiger charge is 2.37. The van der Waals surface area contributed by atoms with Crippen molar-refractivity contribution in [3.63, 3.8) is 0 Å². The standard InChI is InChI=1S/C17H16O4/c1-13(16(18)19)17(2,20-14-9-5-3-6-10-14)21-15-11-7-4-8-12-15/h3-12H,1H2,2H3,(H,18,19). The Hall–Kier alpha value is -2.75. The number of rotatable bonds is 6. The minimum absolute atomic E-state index is 0.185. The molecule has 0 aliphatic carbocycles. The van der Waals surface area contributed by atoms with Gasteiger partial charge in [-0.05, 0) is 24.3 Å². The molecular weight excluding hydrogens is 268 g/mol. The van der Waals surface area contributed by atoms with Crippen LogP contribution in [-0.2, 0) is 4.79 Å². The monoisotopic (exact) mass is 284 g/mol. The van der Waals surface area contributed by atoms with Gasteiger partial charge in [0, 0.05) is 6.92 Å². The number of hydrogen-bond donors (Lipinski definition) is 1. The van der Waals surface area contributed by atoms with Crippen LogP contribution < -0.4 is 9.47 Å². The second-order valence-electron chi connectivity index (χ2n) is 4.56. The van der Waals surface area contributed by atoms with Gasteiger partial charge in [0.15, 0.2) is 0 Å². The van der Waals surface area contributed by atoms with Crippen molar-refractivity contribution in [2.75, 3.05) is 0 Å². The SMILES string of the molecule is C=C(C(=O)O)C(C)(Oc1ccccc1)Oc1ccccc1. The number of carbonyl (C=O) groups is 1. The average molecular weight is 284 g/mol. The summed E-state index contributed by atoms with van der Waals surface area (Å²) in [6.45, 7) is 5.10. The summed E-state index contributed by atoms with van der Waals surface area (Å²) in [5, 5.41) is 9.21. The first kappa shape index (κ1) is 14.7. The van der Waals surface area contributed by atoms with Crippen LogP contribution in [-0.4, -0.2) is 16.9 Å². The molecule has 0 atom stereocenters. The van der Waals surface area contributed by atoms with E-state index < -0.39 is 11.8 Å². The minimum Gasteiger partial charge on any atom is -0.478 e. The molecule has 0 spiro atoms. The van der Waals surface area contributed by atoms with Gasteiger partial charge in [0.25, 0.3) is 5.79 Å². The molecule has 0 aliphatic rings. The lowest BCUT2D eigenvalue weighted by Gasteiger charge is -2.31. The summed E-state index contributed by atoms with van der Waals surface area (Å²) in [5.41, 5.74) is -0.185. The van der Waals surface area contributed by atoms with Crippen molar-refractivity contribution in [1.82, 2.24) is 0 Å². The summed E-state index contributed by atoms with van der Waals surface area (Å²) < 4.78 is 11.5. The average Bonchev–Trinajstić information content (AvgIpc) is 2.48. The molecule has 0 saturated carbocycles. The van der Waals surface area contributed by atoms with Gasteiger partial charge < -0.3 is 14.6 Å². The maximum Gasteiger partial charge on any atom is 0.338 e. The fraction of sp³-hybridized carbons (Fsp3) is 0.118. The molecule has 4 nitrogen and oxygen atoms in total. The van der Waals surface area contributed by atoms with E-state index in [1.54, 1.807) is 48.5 Å². The van der Waals surface area contributed by atoms with Crippen LogP contribution in [0.1, 0.15) is 6.92 Å². The summed E-state index contributed by atoms with van der Waals surface area (Å²) in [4.78, 5) is 11.3. The topological polar surface area (TPSA) is 55.8 Å². The number of carboxylic acids is 1. The van der Waals surface area contributed by atoms with Gasteiger partial charge in [-0.25, -0.2) is 4.79 Å². The Kier molecular flexibility index (Phi) is 4.28. The van der Waals surface area contributed by atoms with E-state index in [0.717, 1.165) is 0 Å². The molecule has 0 saturated heterocycles. The summed E-state index contributed by atoms with van der Waals surface area (Å²) in [6.07, 6.45) is 0. The summed E-state index contributed by atoms with van der Waals surface area (Å²) >= 11 is 0. The van der Waals surface area contributed by atoms with Gasteiger partial charge in [0.1, 0.15) is 17.1 Å². The summed E-state index contributed by atoms with van der Waals surface area (Å²) in [6, 6.07) is 17.8. The molecular formula is C17H16O4. The summed E-state index contributed by atoms with van der Waals surface area (Å²) in [5.74, 6) is -1.69.